The topological polar surface area (TPSA) is 47.6 Å². The van der Waals surface area contributed by atoms with Gasteiger partial charge in [-0.15, -0.1) is 0 Å². The first-order chi connectivity index (χ1) is 9.83. The SMILES string of the molecule is O=C(CN1CCCNCC1)NC1CCN2CCCCC12. The average Bonchev–Trinajstić information content (AvgIpc) is 2.68. The standard InChI is InChI=1S/C15H28N4O/c20-15(12-18-8-3-6-16-7-11-18)17-13-5-10-19-9-2-1-4-14(13)19/h13-14,16H,1-12H2,(H,17,20). The summed E-state index contributed by atoms with van der Waals surface area (Å²) in [6.45, 7) is 7.10. The molecule has 0 bridgehead atoms. The molecule has 20 heavy (non-hydrogen) atoms. The van der Waals surface area contributed by atoms with E-state index in [0.717, 1.165) is 39.0 Å². The van der Waals surface area contributed by atoms with Gasteiger partial charge < -0.3 is 10.6 Å². The van der Waals surface area contributed by atoms with Crippen molar-refractivity contribution in [3.05, 3.63) is 0 Å². The Morgan fingerprint density at radius 1 is 1.05 bits per heavy atom. The van der Waals surface area contributed by atoms with Crippen LogP contribution in [0, 0.1) is 0 Å². The zero-order chi connectivity index (χ0) is 13.8. The van der Waals surface area contributed by atoms with Gasteiger partial charge in [-0.2, -0.15) is 0 Å². The van der Waals surface area contributed by atoms with E-state index in [9.17, 15) is 4.79 Å². The fourth-order valence-corrected chi connectivity index (χ4v) is 3.93. The molecule has 114 valence electrons. The number of nitrogens with one attached hydrogen (secondary N) is 2. The Kier molecular flexibility index (Phi) is 4.91. The number of carbonyl (C=O) groups excluding carboxylic acids is 1. The van der Waals surface area contributed by atoms with Gasteiger partial charge in [0.05, 0.1) is 6.54 Å². The normalized spacial score (nSPS) is 32.6. The summed E-state index contributed by atoms with van der Waals surface area (Å²) in [4.78, 5) is 17.1. The maximum Gasteiger partial charge on any atom is 0.234 e. The smallest absolute Gasteiger partial charge is 0.234 e. The fourth-order valence-electron chi connectivity index (χ4n) is 3.93. The maximum absolute atomic E-state index is 12.3. The summed E-state index contributed by atoms with van der Waals surface area (Å²) in [6, 6.07) is 1.01. The summed E-state index contributed by atoms with van der Waals surface area (Å²) >= 11 is 0. The van der Waals surface area contributed by atoms with Crippen LogP contribution in [0.5, 0.6) is 0 Å². The molecule has 2 N–H and O–H groups in total. The molecule has 3 rings (SSSR count). The number of hydrogen-bond acceptors (Lipinski definition) is 4. The molecule has 1 amide bonds. The van der Waals surface area contributed by atoms with Crippen molar-refractivity contribution in [2.24, 2.45) is 0 Å². The van der Waals surface area contributed by atoms with E-state index in [1.165, 1.54) is 32.4 Å². The van der Waals surface area contributed by atoms with Gasteiger partial charge in [-0.05, 0) is 45.3 Å². The predicted octanol–water partition coefficient (Wildman–Crippen LogP) is 0.0247. The quantitative estimate of drug-likeness (QED) is 0.765. The molecule has 0 aromatic heterocycles. The molecule has 5 nitrogen and oxygen atoms in total. The number of fused-ring (bicyclic) bond motifs is 1. The summed E-state index contributed by atoms with van der Waals surface area (Å²) in [5.41, 5.74) is 0. The van der Waals surface area contributed by atoms with E-state index >= 15 is 0 Å². The van der Waals surface area contributed by atoms with Gasteiger partial charge in [0, 0.05) is 31.7 Å². The summed E-state index contributed by atoms with van der Waals surface area (Å²) in [6.07, 6.45) is 6.20. The Morgan fingerprint density at radius 2 is 2.00 bits per heavy atom. The van der Waals surface area contributed by atoms with Crippen molar-refractivity contribution in [1.82, 2.24) is 20.4 Å². The Hall–Kier alpha value is -0.650. The molecule has 0 aromatic rings. The van der Waals surface area contributed by atoms with Gasteiger partial charge in [0.25, 0.3) is 0 Å². The summed E-state index contributed by atoms with van der Waals surface area (Å²) in [5, 5.41) is 6.68. The van der Waals surface area contributed by atoms with Gasteiger partial charge in [0.2, 0.25) is 5.91 Å². The van der Waals surface area contributed by atoms with Crippen molar-refractivity contribution >= 4 is 5.91 Å². The minimum Gasteiger partial charge on any atom is -0.351 e. The van der Waals surface area contributed by atoms with Crippen molar-refractivity contribution in [2.45, 2.75) is 44.2 Å². The summed E-state index contributed by atoms with van der Waals surface area (Å²) in [7, 11) is 0. The molecule has 3 aliphatic rings. The molecule has 0 aromatic carbocycles. The number of hydrogen-bond donors (Lipinski definition) is 2. The molecule has 5 heteroatoms. The molecule has 0 aliphatic carbocycles. The lowest BCUT2D eigenvalue weighted by Crippen LogP contribution is -2.49. The Balaban J connectivity index is 1.46. The van der Waals surface area contributed by atoms with E-state index in [2.05, 4.69) is 20.4 Å². The molecule has 3 saturated heterocycles. The summed E-state index contributed by atoms with van der Waals surface area (Å²) < 4.78 is 0. The average molecular weight is 280 g/mol. The van der Waals surface area contributed by atoms with Gasteiger partial charge in [-0.25, -0.2) is 0 Å². The first-order valence-electron chi connectivity index (χ1n) is 8.29. The molecule has 2 atom stereocenters. The zero-order valence-corrected chi connectivity index (χ0v) is 12.4. The molecule has 0 spiro atoms. The Labute approximate surface area is 122 Å². The van der Waals surface area contributed by atoms with E-state index in [-0.39, 0.29) is 5.91 Å². The monoisotopic (exact) mass is 280 g/mol. The Morgan fingerprint density at radius 3 is 2.95 bits per heavy atom. The number of nitrogens with zero attached hydrogens (tertiary/aromatic N) is 2. The summed E-state index contributed by atoms with van der Waals surface area (Å²) in [5.74, 6) is 0.226. The van der Waals surface area contributed by atoms with Crippen molar-refractivity contribution in [3.63, 3.8) is 0 Å². The third-order valence-corrected chi connectivity index (χ3v) is 5.00. The van der Waals surface area contributed by atoms with Gasteiger partial charge in [-0.1, -0.05) is 6.42 Å². The van der Waals surface area contributed by atoms with Gasteiger partial charge in [-0.3, -0.25) is 14.6 Å². The lowest BCUT2D eigenvalue weighted by atomic mass is 9.99. The van der Waals surface area contributed by atoms with Gasteiger partial charge in [0.1, 0.15) is 0 Å². The highest BCUT2D eigenvalue weighted by atomic mass is 16.2. The van der Waals surface area contributed by atoms with Crippen LogP contribution in [-0.2, 0) is 4.79 Å². The largest absolute Gasteiger partial charge is 0.351 e. The van der Waals surface area contributed by atoms with Crippen molar-refractivity contribution in [1.29, 1.82) is 0 Å². The van der Waals surface area contributed by atoms with E-state index in [4.69, 9.17) is 0 Å². The zero-order valence-electron chi connectivity index (χ0n) is 12.4. The first-order valence-corrected chi connectivity index (χ1v) is 8.29. The van der Waals surface area contributed by atoms with Crippen molar-refractivity contribution in [3.8, 4) is 0 Å². The molecule has 3 fully saturated rings. The second-order valence-corrected chi connectivity index (χ2v) is 6.44. The lowest BCUT2D eigenvalue weighted by molar-refractivity contribution is -0.123. The van der Waals surface area contributed by atoms with Crippen LogP contribution in [0.3, 0.4) is 0 Å². The molecule has 3 heterocycles. The predicted molar refractivity (Wildman–Crippen MR) is 79.7 cm³/mol. The van der Waals surface area contributed by atoms with Crippen molar-refractivity contribution < 1.29 is 4.79 Å². The van der Waals surface area contributed by atoms with Crippen LogP contribution in [0.4, 0.5) is 0 Å². The van der Waals surface area contributed by atoms with E-state index in [0.29, 0.717) is 18.6 Å². The highest BCUT2D eigenvalue weighted by Crippen LogP contribution is 2.27. The van der Waals surface area contributed by atoms with Crippen LogP contribution in [-0.4, -0.2) is 73.6 Å². The third kappa shape index (κ3) is 3.51. The maximum atomic E-state index is 12.3. The Bertz CT molecular complexity index is 328. The number of piperidine rings is 1. The number of amides is 1. The molecular weight excluding hydrogens is 252 g/mol. The van der Waals surface area contributed by atoms with Gasteiger partial charge in [0.15, 0.2) is 0 Å². The van der Waals surface area contributed by atoms with E-state index in [1.807, 2.05) is 0 Å². The van der Waals surface area contributed by atoms with Crippen molar-refractivity contribution in [2.75, 3.05) is 45.8 Å². The first kappa shape index (κ1) is 14.3. The molecule has 0 radical (unpaired) electrons. The molecule has 3 aliphatic heterocycles. The highest BCUT2D eigenvalue weighted by molar-refractivity contribution is 5.78. The van der Waals surface area contributed by atoms with Gasteiger partial charge >= 0.3 is 0 Å². The van der Waals surface area contributed by atoms with Crippen LogP contribution < -0.4 is 10.6 Å². The third-order valence-electron chi connectivity index (χ3n) is 5.00. The molecular formula is C15H28N4O. The van der Waals surface area contributed by atoms with E-state index in [1.54, 1.807) is 0 Å². The van der Waals surface area contributed by atoms with Crippen LogP contribution >= 0.6 is 0 Å². The molecule has 2 unspecified atom stereocenters. The fraction of sp³-hybridized carbons (Fsp3) is 0.933. The molecule has 0 saturated carbocycles. The van der Waals surface area contributed by atoms with E-state index < -0.39 is 0 Å². The number of carbonyl (C=O) groups is 1. The minimum atomic E-state index is 0.226. The van der Waals surface area contributed by atoms with Crippen LogP contribution in [0.1, 0.15) is 32.1 Å². The highest BCUT2D eigenvalue weighted by Gasteiger charge is 2.36. The second-order valence-electron chi connectivity index (χ2n) is 6.44. The lowest BCUT2D eigenvalue weighted by Gasteiger charge is -2.32. The van der Waals surface area contributed by atoms with Crippen LogP contribution in [0.25, 0.3) is 0 Å². The minimum absolute atomic E-state index is 0.226. The second kappa shape index (κ2) is 6.87. The van der Waals surface area contributed by atoms with Crippen LogP contribution in [0.15, 0.2) is 0 Å². The number of rotatable bonds is 3. The van der Waals surface area contributed by atoms with Crippen LogP contribution in [0.2, 0.25) is 0 Å².